The Morgan fingerprint density at radius 1 is 1.27 bits per heavy atom. The molecule has 2 amide bonds. The first-order valence-corrected chi connectivity index (χ1v) is 7.82. The van der Waals surface area contributed by atoms with E-state index in [1.807, 2.05) is 13.8 Å². The van der Waals surface area contributed by atoms with Crippen LogP contribution in [0.5, 0.6) is 0 Å². The van der Waals surface area contributed by atoms with Gasteiger partial charge in [0.1, 0.15) is 11.3 Å². The summed E-state index contributed by atoms with van der Waals surface area (Å²) in [6.07, 6.45) is 4.45. The molecule has 6 nitrogen and oxygen atoms in total. The van der Waals surface area contributed by atoms with Crippen molar-refractivity contribution < 1.29 is 14.1 Å². The topological polar surface area (TPSA) is 75.4 Å². The minimum absolute atomic E-state index is 0.0256. The molecule has 1 saturated carbocycles. The van der Waals surface area contributed by atoms with Crippen LogP contribution in [-0.4, -0.2) is 34.5 Å². The van der Waals surface area contributed by atoms with Crippen LogP contribution in [0.25, 0.3) is 0 Å². The van der Waals surface area contributed by atoms with E-state index in [1.165, 1.54) is 6.92 Å². The second-order valence-corrected chi connectivity index (χ2v) is 6.29. The Kier molecular flexibility index (Phi) is 4.88. The van der Waals surface area contributed by atoms with Crippen LogP contribution in [0.2, 0.25) is 0 Å². The molecule has 0 radical (unpaired) electrons. The molecule has 1 fully saturated rings. The van der Waals surface area contributed by atoms with Crippen molar-refractivity contribution in [3.05, 3.63) is 17.0 Å². The summed E-state index contributed by atoms with van der Waals surface area (Å²) >= 11 is 0. The molecule has 1 aliphatic carbocycles. The molecule has 1 aromatic rings. The summed E-state index contributed by atoms with van der Waals surface area (Å²) in [7, 11) is 1.77. The lowest BCUT2D eigenvalue weighted by Gasteiger charge is -2.39. The monoisotopic (exact) mass is 307 g/mol. The van der Waals surface area contributed by atoms with Crippen molar-refractivity contribution in [2.24, 2.45) is 0 Å². The highest BCUT2D eigenvalue weighted by atomic mass is 16.5. The van der Waals surface area contributed by atoms with E-state index in [1.54, 1.807) is 11.9 Å². The molecule has 1 aliphatic rings. The first kappa shape index (κ1) is 16.5. The van der Waals surface area contributed by atoms with E-state index in [0.29, 0.717) is 19.4 Å². The predicted molar refractivity (Wildman–Crippen MR) is 82.1 cm³/mol. The fourth-order valence-electron chi connectivity index (χ4n) is 3.29. The molecule has 1 heterocycles. The zero-order chi connectivity index (χ0) is 16.3. The lowest BCUT2D eigenvalue weighted by molar-refractivity contribution is -0.142. The van der Waals surface area contributed by atoms with Crippen molar-refractivity contribution >= 4 is 11.8 Å². The summed E-state index contributed by atoms with van der Waals surface area (Å²) in [5.74, 6) is 0.553. The molecular formula is C16H25N3O3. The molecule has 122 valence electrons. The van der Waals surface area contributed by atoms with Gasteiger partial charge in [0.2, 0.25) is 11.8 Å². The Bertz CT molecular complexity index is 539. The SMILES string of the molecule is CC(=O)NC1(C(=O)N(C)Cc2c(C)noc2C)CCCCC1. The highest BCUT2D eigenvalue weighted by Crippen LogP contribution is 2.30. The number of carbonyl (C=O) groups is 2. The van der Waals surface area contributed by atoms with E-state index >= 15 is 0 Å². The summed E-state index contributed by atoms with van der Waals surface area (Å²) < 4.78 is 5.15. The second-order valence-electron chi connectivity index (χ2n) is 6.29. The first-order chi connectivity index (χ1) is 10.4. The maximum absolute atomic E-state index is 13.0. The minimum atomic E-state index is -0.752. The van der Waals surface area contributed by atoms with Gasteiger partial charge in [0.15, 0.2) is 0 Å². The third-order valence-electron chi connectivity index (χ3n) is 4.45. The molecule has 1 N–H and O–H groups in total. The number of hydrogen-bond donors (Lipinski definition) is 1. The smallest absolute Gasteiger partial charge is 0.248 e. The van der Waals surface area contributed by atoms with Gasteiger partial charge in [-0.1, -0.05) is 24.4 Å². The lowest BCUT2D eigenvalue weighted by Crippen LogP contribution is -2.59. The zero-order valence-corrected chi connectivity index (χ0v) is 13.9. The third kappa shape index (κ3) is 3.31. The van der Waals surface area contributed by atoms with Crippen LogP contribution in [0.4, 0.5) is 0 Å². The van der Waals surface area contributed by atoms with E-state index < -0.39 is 5.54 Å². The van der Waals surface area contributed by atoms with Crippen molar-refractivity contribution in [2.45, 2.75) is 65.0 Å². The van der Waals surface area contributed by atoms with Crippen LogP contribution in [-0.2, 0) is 16.1 Å². The molecule has 0 saturated heterocycles. The molecule has 1 aromatic heterocycles. The first-order valence-electron chi connectivity index (χ1n) is 7.82. The molecule has 22 heavy (non-hydrogen) atoms. The van der Waals surface area contributed by atoms with Crippen molar-refractivity contribution in [1.29, 1.82) is 0 Å². The van der Waals surface area contributed by atoms with Gasteiger partial charge in [-0.05, 0) is 26.7 Å². The van der Waals surface area contributed by atoms with Crippen molar-refractivity contribution in [2.75, 3.05) is 7.05 Å². The van der Waals surface area contributed by atoms with Crippen LogP contribution in [0.1, 0.15) is 56.0 Å². The van der Waals surface area contributed by atoms with Crippen molar-refractivity contribution in [3.8, 4) is 0 Å². The third-order valence-corrected chi connectivity index (χ3v) is 4.45. The maximum Gasteiger partial charge on any atom is 0.248 e. The number of aromatic nitrogens is 1. The molecule has 0 aromatic carbocycles. The standard InChI is InChI=1S/C16H25N3O3/c1-11-14(12(2)22-18-11)10-19(4)15(21)16(17-13(3)20)8-6-5-7-9-16/h5-10H2,1-4H3,(H,17,20). The Morgan fingerprint density at radius 3 is 2.41 bits per heavy atom. The fraction of sp³-hybridized carbons (Fsp3) is 0.688. The van der Waals surface area contributed by atoms with E-state index in [0.717, 1.165) is 36.3 Å². The van der Waals surface area contributed by atoms with Crippen molar-refractivity contribution in [3.63, 3.8) is 0 Å². The Morgan fingerprint density at radius 2 is 1.91 bits per heavy atom. The summed E-state index contributed by atoms with van der Waals surface area (Å²) in [5.41, 5.74) is 0.983. The number of aryl methyl sites for hydroxylation is 2. The summed E-state index contributed by atoms with van der Waals surface area (Å²) in [6, 6.07) is 0. The van der Waals surface area contributed by atoms with E-state index in [9.17, 15) is 9.59 Å². The highest BCUT2D eigenvalue weighted by Gasteiger charge is 2.42. The Hall–Kier alpha value is -1.85. The van der Waals surface area contributed by atoms with Gasteiger partial charge in [-0.15, -0.1) is 0 Å². The number of nitrogens with one attached hydrogen (secondary N) is 1. The van der Waals surface area contributed by atoms with Gasteiger partial charge >= 0.3 is 0 Å². The lowest BCUT2D eigenvalue weighted by atomic mass is 9.80. The van der Waals surface area contributed by atoms with Crippen LogP contribution in [0, 0.1) is 13.8 Å². The average Bonchev–Trinajstić information content (AvgIpc) is 2.78. The van der Waals surface area contributed by atoms with E-state index in [-0.39, 0.29) is 11.8 Å². The Balaban J connectivity index is 2.17. The fourth-order valence-corrected chi connectivity index (χ4v) is 3.29. The number of amides is 2. The van der Waals surface area contributed by atoms with Gasteiger partial charge in [-0.3, -0.25) is 9.59 Å². The van der Waals surface area contributed by atoms with Gasteiger partial charge in [-0.2, -0.15) is 0 Å². The van der Waals surface area contributed by atoms with Crippen LogP contribution >= 0.6 is 0 Å². The average molecular weight is 307 g/mol. The number of nitrogens with zero attached hydrogens (tertiary/aromatic N) is 2. The van der Waals surface area contributed by atoms with Crippen LogP contribution < -0.4 is 5.32 Å². The zero-order valence-electron chi connectivity index (χ0n) is 13.9. The van der Waals surface area contributed by atoms with E-state index in [4.69, 9.17) is 4.52 Å². The second kappa shape index (κ2) is 6.50. The van der Waals surface area contributed by atoms with Gasteiger partial charge in [0.05, 0.1) is 12.2 Å². The van der Waals surface area contributed by atoms with Gasteiger partial charge < -0.3 is 14.7 Å². The summed E-state index contributed by atoms with van der Waals surface area (Å²) in [6.45, 7) is 5.63. The molecule has 0 spiro atoms. The summed E-state index contributed by atoms with van der Waals surface area (Å²) in [4.78, 5) is 26.2. The summed E-state index contributed by atoms with van der Waals surface area (Å²) in [5, 5.41) is 6.84. The largest absolute Gasteiger partial charge is 0.361 e. The minimum Gasteiger partial charge on any atom is -0.361 e. The molecule has 2 rings (SSSR count). The highest BCUT2D eigenvalue weighted by molar-refractivity contribution is 5.91. The molecule has 0 atom stereocenters. The van der Waals surface area contributed by atoms with E-state index in [2.05, 4.69) is 10.5 Å². The van der Waals surface area contributed by atoms with Crippen LogP contribution in [0.3, 0.4) is 0 Å². The molecular weight excluding hydrogens is 282 g/mol. The predicted octanol–water partition coefficient (Wildman–Crippen LogP) is 2.09. The molecule has 0 aliphatic heterocycles. The van der Waals surface area contributed by atoms with Gasteiger partial charge in [0.25, 0.3) is 0 Å². The maximum atomic E-state index is 13.0. The van der Waals surface area contributed by atoms with Crippen molar-refractivity contribution in [1.82, 2.24) is 15.4 Å². The van der Waals surface area contributed by atoms with Gasteiger partial charge in [-0.25, -0.2) is 0 Å². The number of rotatable bonds is 4. The number of carbonyl (C=O) groups excluding carboxylic acids is 2. The van der Waals surface area contributed by atoms with Gasteiger partial charge in [0, 0.05) is 19.5 Å². The Labute approximate surface area is 131 Å². The number of hydrogen-bond acceptors (Lipinski definition) is 4. The van der Waals surface area contributed by atoms with Crippen LogP contribution in [0.15, 0.2) is 4.52 Å². The molecule has 6 heteroatoms. The normalized spacial score (nSPS) is 17.1. The molecule has 0 bridgehead atoms. The number of likely N-dealkylation sites (N-methyl/N-ethyl adjacent to an activating group) is 1. The molecule has 0 unspecified atom stereocenters. The quantitative estimate of drug-likeness (QED) is 0.924.